The molecule has 3 aromatic rings. The van der Waals surface area contributed by atoms with Gasteiger partial charge >= 0.3 is 0 Å². The predicted octanol–water partition coefficient (Wildman–Crippen LogP) is 5.95. The highest BCUT2D eigenvalue weighted by molar-refractivity contribution is 6.30. The van der Waals surface area contributed by atoms with Crippen LogP contribution in [-0.2, 0) is 29.0 Å². The molecule has 0 aromatic heterocycles. The summed E-state index contributed by atoms with van der Waals surface area (Å²) in [4.78, 5) is 28.7. The molecule has 3 rings (SSSR count). The van der Waals surface area contributed by atoms with Crippen molar-refractivity contribution >= 4 is 35.0 Å². The van der Waals surface area contributed by atoms with Crippen molar-refractivity contribution in [1.29, 1.82) is 0 Å². The monoisotopic (exact) mass is 496 g/mol. The van der Waals surface area contributed by atoms with E-state index in [9.17, 15) is 9.59 Å². The number of carbonyl (C=O) groups excluding carboxylic acids is 2. The molecule has 0 spiro atoms. The smallest absolute Gasteiger partial charge is 0.243 e. The van der Waals surface area contributed by atoms with E-state index in [1.165, 1.54) is 0 Å². The normalized spacial score (nSPS) is 11.8. The number of hydrogen-bond donors (Lipinski definition) is 1. The van der Waals surface area contributed by atoms with Gasteiger partial charge in [-0.1, -0.05) is 91.6 Å². The van der Waals surface area contributed by atoms with Gasteiger partial charge in [0.2, 0.25) is 11.8 Å². The Morgan fingerprint density at radius 2 is 1.41 bits per heavy atom. The van der Waals surface area contributed by atoms with E-state index in [-0.39, 0.29) is 24.8 Å². The van der Waals surface area contributed by atoms with Crippen molar-refractivity contribution in [3.8, 4) is 0 Å². The Bertz CT molecular complexity index is 1100. The largest absolute Gasteiger partial charge is 0.354 e. The Balaban J connectivity index is 1.96. The quantitative estimate of drug-likeness (QED) is 0.377. The summed E-state index contributed by atoms with van der Waals surface area (Å²) in [5.74, 6) is -0.0215. The van der Waals surface area contributed by atoms with E-state index < -0.39 is 6.04 Å². The van der Waals surface area contributed by atoms with Crippen LogP contribution in [0.5, 0.6) is 0 Å². The van der Waals surface area contributed by atoms with Crippen LogP contribution in [0.15, 0.2) is 78.9 Å². The first kappa shape index (κ1) is 25.8. The van der Waals surface area contributed by atoms with Crippen molar-refractivity contribution < 1.29 is 9.59 Å². The van der Waals surface area contributed by atoms with Crippen LogP contribution in [0.4, 0.5) is 0 Å². The molecule has 4 nitrogen and oxygen atoms in total. The third kappa shape index (κ3) is 7.89. The van der Waals surface area contributed by atoms with Crippen LogP contribution in [0, 0.1) is 5.92 Å². The van der Waals surface area contributed by atoms with Crippen LogP contribution in [0.1, 0.15) is 30.5 Å². The average molecular weight is 497 g/mol. The second-order valence-electron chi connectivity index (χ2n) is 8.80. The molecule has 178 valence electrons. The molecule has 0 saturated carbocycles. The Morgan fingerprint density at radius 1 is 0.824 bits per heavy atom. The summed E-state index contributed by atoms with van der Waals surface area (Å²) in [6.07, 6.45) is 0.552. The highest BCUT2D eigenvalue weighted by Crippen LogP contribution is 2.19. The van der Waals surface area contributed by atoms with Crippen molar-refractivity contribution in [2.45, 2.75) is 39.3 Å². The number of rotatable bonds is 10. The molecule has 3 aromatic carbocycles. The molecular weight excluding hydrogens is 467 g/mol. The molecule has 0 bridgehead atoms. The zero-order valence-corrected chi connectivity index (χ0v) is 21.0. The SMILES string of the molecule is CC(C)CNC(=O)C(Cc1ccccc1)N(Cc1cccc(Cl)c1)C(=O)Cc1cccc(Cl)c1. The molecule has 0 aliphatic heterocycles. The van der Waals surface area contributed by atoms with Crippen LogP contribution in [0.3, 0.4) is 0 Å². The number of benzene rings is 3. The van der Waals surface area contributed by atoms with Crippen molar-refractivity contribution in [2.75, 3.05) is 6.54 Å². The molecule has 0 fully saturated rings. The number of nitrogens with one attached hydrogen (secondary N) is 1. The van der Waals surface area contributed by atoms with Crippen LogP contribution >= 0.6 is 23.2 Å². The summed E-state index contributed by atoms with van der Waals surface area (Å²) >= 11 is 12.4. The molecule has 0 saturated heterocycles. The second kappa shape index (κ2) is 12.6. The van der Waals surface area contributed by atoms with Crippen LogP contribution in [0.25, 0.3) is 0 Å². The molecule has 1 atom stereocenters. The summed E-state index contributed by atoms with van der Waals surface area (Å²) in [6, 6.07) is 23.7. The molecule has 0 radical (unpaired) electrons. The van der Waals surface area contributed by atoms with E-state index in [4.69, 9.17) is 23.2 Å². The lowest BCUT2D eigenvalue weighted by molar-refractivity contribution is -0.140. The Kier molecular flexibility index (Phi) is 9.55. The van der Waals surface area contributed by atoms with Gasteiger partial charge in [0, 0.05) is 29.6 Å². The number of nitrogens with zero attached hydrogens (tertiary/aromatic N) is 1. The zero-order chi connectivity index (χ0) is 24.5. The van der Waals surface area contributed by atoms with Crippen LogP contribution < -0.4 is 5.32 Å². The number of hydrogen-bond acceptors (Lipinski definition) is 2. The minimum absolute atomic E-state index is 0.143. The molecule has 1 N–H and O–H groups in total. The van der Waals surface area contributed by atoms with Gasteiger partial charge in [-0.25, -0.2) is 0 Å². The van der Waals surface area contributed by atoms with Gasteiger partial charge in [0.25, 0.3) is 0 Å². The highest BCUT2D eigenvalue weighted by atomic mass is 35.5. The van der Waals surface area contributed by atoms with E-state index in [2.05, 4.69) is 5.32 Å². The van der Waals surface area contributed by atoms with E-state index in [1.807, 2.05) is 74.5 Å². The van der Waals surface area contributed by atoms with Gasteiger partial charge in [-0.15, -0.1) is 0 Å². The maximum absolute atomic E-state index is 13.7. The number of carbonyl (C=O) groups is 2. The molecule has 34 heavy (non-hydrogen) atoms. The Labute approximate surface area is 211 Å². The van der Waals surface area contributed by atoms with Gasteiger partial charge < -0.3 is 10.2 Å². The van der Waals surface area contributed by atoms with Gasteiger partial charge in [-0.05, 0) is 46.9 Å². The third-order valence-electron chi connectivity index (χ3n) is 5.44. The predicted molar refractivity (Wildman–Crippen MR) is 139 cm³/mol. The minimum atomic E-state index is -0.674. The lowest BCUT2D eigenvalue weighted by Gasteiger charge is -2.32. The third-order valence-corrected chi connectivity index (χ3v) is 5.91. The minimum Gasteiger partial charge on any atom is -0.354 e. The molecule has 0 aliphatic carbocycles. The maximum atomic E-state index is 13.7. The van der Waals surface area contributed by atoms with E-state index in [1.54, 1.807) is 23.1 Å². The Hall–Kier alpha value is -2.82. The lowest BCUT2D eigenvalue weighted by atomic mass is 10.0. The summed E-state index contributed by atoms with van der Waals surface area (Å²) in [7, 11) is 0. The highest BCUT2D eigenvalue weighted by Gasteiger charge is 2.30. The van der Waals surface area contributed by atoms with Gasteiger partial charge in [0.15, 0.2) is 0 Å². The lowest BCUT2D eigenvalue weighted by Crippen LogP contribution is -2.51. The van der Waals surface area contributed by atoms with E-state index >= 15 is 0 Å². The van der Waals surface area contributed by atoms with Crippen LogP contribution in [0.2, 0.25) is 10.0 Å². The van der Waals surface area contributed by atoms with Crippen molar-refractivity contribution in [1.82, 2.24) is 10.2 Å². The maximum Gasteiger partial charge on any atom is 0.243 e. The van der Waals surface area contributed by atoms with Crippen LogP contribution in [-0.4, -0.2) is 29.3 Å². The second-order valence-corrected chi connectivity index (χ2v) is 9.68. The molecule has 0 heterocycles. The van der Waals surface area contributed by atoms with Crippen molar-refractivity contribution in [2.24, 2.45) is 5.92 Å². The number of amides is 2. The molecule has 6 heteroatoms. The van der Waals surface area contributed by atoms with Gasteiger partial charge in [0.1, 0.15) is 6.04 Å². The topological polar surface area (TPSA) is 49.4 Å². The molecule has 2 amide bonds. The standard InChI is InChI=1S/C28H30Cl2N2O2/c1-20(2)18-31-28(34)26(16-21-8-4-3-5-9-21)32(19-23-11-7-13-25(30)15-23)27(33)17-22-10-6-12-24(29)14-22/h3-15,20,26H,16-19H2,1-2H3,(H,31,34). The van der Waals surface area contributed by atoms with E-state index in [0.29, 0.717) is 28.9 Å². The first-order valence-electron chi connectivity index (χ1n) is 11.4. The molecule has 0 aliphatic rings. The zero-order valence-electron chi connectivity index (χ0n) is 19.5. The molecular formula is C28H30Cl2N2O2. The van der Waals surface area contributed by atoms with Gasteiger partial charge in [-0.2, -0.15) is 0 Å². The summed E-state index contributed by atoms with van der Waals surface area (Å²) in [5, 5.41) is 4.19. The fraction of sp³-hybridized carbons (Fsp3) is 0.286. The first-order chi connectivity index (χ1) is 16.3. The van der Waals surface area contributed by atoms with Crippen molar-refractivity contribution in [3.05, 3.63) is 106 Å². The fourth-order valence-electron chi connectivity index (χ4n) is 3.73. The van der Waals surface area contributed by atoms with Gasteiger partial charge in [0.05, 0.1) is 6.42 Å². The summed E-state index contributed by atoms with van der Waals surface area (Å²) in [5.41, 5.74) is 2.65. The van der Waals surface area contributed by atoms with Gasteiger partial charge in [-0.3, -0.25) is 9.59 Å². The fourth-order valence-corrected chi connectivity index (χ4v) is 4.16. The first-order valence-corrected chi connectivity index (χ1v) is 12.2. The summed E-state index contributed by atoms with van der Waals surface area (Å²) in [6.45, 7) is 4.89. The Morgan fingerprint density at radius 3 is 2.03 bits per heavy atom. The molecule has 1 unspecified atom stereocenters. The van der Waals surface area contributed by atoms with E-state index in [0.717, 1.165) is 16.7 Å². The average Bonchev–Trinajstić information content (AvgIpc) is 2.80. The number of halogens is 2. The summed E-state index contributed by atoms with van der Waals surface area (Å²) < 4.78 is 0. The van der Waals surface area contributed by atoms with Crippen molar-refractivity contribution in [3.63, 3.8) is 0 Å².